The van der Waals surface area contributed by atoms with Crippen LogP contribution < -0.4 is 5.32 Å². The Bertz CT molecular complexity index is 1070. The average Bonchev–Trinajstić information content (AvgIpc) is 3.00. The van der Waals surface area contributed by atoms with Crippen LogP contribution in [0.2, 0.25) is 0 Å². The minimum absolute atomic E-state index is 0.0515. The van der Waals surface area contributed by atoms with Crippen molar-refractivity contribution >= 4 is 28.6 Å². The molecule has 0 saturated carbocycles. The Kier molecular flexibility index (Phi) is 5.14. The summed E-state index contributed by atoms with van der Waals surface area (Å²) in [5.74, 6) is 0.347. The highest BCUT2D eigenvalue weighted by Crippen LogP contribution is 2.29. The fourth-order valence-electron chi connectivity index (χ4n) is 3.39. The van der Waals surface area contributed by atoms with Crippen molar-refractivity contribution in [3.8, 4) is 6.07 Å². The Morgan fingerprint density at radius 1 is 1.19 bits per heavy atom. The Balaban J connectivity index is 2.01. The van der Waals surface area contributed by atoms with Crippen LogP contribution in [0.1, 0.15) is 34.9 Å². The Morgan fingerprint density at radius 3 is 2.48 bits per heavy atom. The third-order valence-corrected chi connectivity index (χ3v) is 4.60. The van der Waals surface area contributed by atoms with Crippen LogP contribution in [0.4, 0.5) is 5.69 Å². The number of furan rings is 1. The lowest BCUT2D eigenvalue weighted by atomic mass is 10.0. The third-order valence-electron chi connectivity index (χ3n) is 4.60. The molecule has 0 aliphatic rings. The molecule has 1 aromatic heterocycles. The molecule has 136 valence electrons. The Hall–Kier alpha value is -3.32. The van der Waals surface area contributed by atoms with Gasteiger partial charge in [-0.2, -0.15) is 5.26 Å². The molecule has 1 heterocycles. The molecule has 1 N–H and O–H groups in total. The molecule has 0 bridgehead atoms. The first kappa shape index (κ1) is 18.5. The molecule has 0 saturated heterocycles. The number of amides is 1. The fourth-order valence-corrected chi connectivity index (χ4v) is 3.39. The predicted molar refractivity (Wildman–Crippen MR) is 108 cm³/mol. The van der Waals surface area contributed by atoms with Crippen molar-refractivity contribution in [3.05, 3.63) is 70.0 Å². The van der Waals surface area contributed by atoms with Gasteiger partial charge >= 0.3 is 0 Å². The minimum atomic E-state index is -0.417. The molecular weight excluding hydrogens is 336 g/mol. The van der Waals surface area contributed by atoms with Crippen LogP contribution in [-0.4, -0.2) is 5.91 Å². The zero-order valence-electron chi connectivity index (χ0n) is 16.0. The van der Waals surface area contributed by atoms with Gasteiger partial charge in [-0.15, -0.1) is 0 Å². The van der Waals surface area contributed by atoms with E-state index in [1.807, 2.05) is 70.2 Å². The van der Waals surface area contributed by atoms with E-state index in [2.05, 4.69) is 5.32 Å². The number of hydrogen-bond donors (Lipinski definition) is 1. The first-order valence-corrected chi connectivity index (χ1v) is 8.96. The number of aryl methyl sites for hydroxylation is 4. The van der Waals surface area contributed by atoms with E-state index in [9.17, 15) is 10.1 Å². The highest BCUT2D eigenvalue weighted by Gasteiger charge is 2.16. The summed E-state index contributed by atoms with van der Waals surface area (Å²) in [6.07, 6.45) is 2.30. The number of carbonyl (C=O) groups excluding carboxylic acids is 1. The molecule has 0 radical (unpaired) electrons. The van der Waals surface area contributed by atoms with Crippen LogP contribution in [0, 0.1) is 32.1 Å². The van der Waals surface area contributed by atoms with E-state index in [0.717, 1.165) is 44.7 Å². The number of hydrogen-bond acceptors (Lipinski definition) is 3. The smallest absolute Gasteiger partial charge is 0.266 e. The van der Waals surface area contributed by atoms with Gasteiger partial charge in [-0.25, -0.2) is 0 Å². The molecule has 0 unspecified atom stereocenters. The Morgan fingerprint density at radius 2 is 1.85 bits per heavy atom. The molecule has 4 heteroatoms. The van der Waals surface area contributed by atoms with E-state index in [4.69, 9.17) is 4.42 Å². The molecule has 0 fully saturated rings. The van der Waals surface area contributed by atoms with Crippen molar-refractivity contribution in [2.45, 2.75) is 34.1 Å². The van der Waals surface area contributed by atoms with Crippen molar-refractivity contribution in [3.63, 3.8) is 0 Å². The van der Waals surface area contributed by atoms with Gasteiger partial charge in [0.15, 0.2) is 0 Å². The van der Waals surface area contributed by atoms with Crippen molar-refractivity contribution in [1.82, 2.24) is 0 Å². The summed E-state index contributed by atoms with van der Waals surface area (Å²) in [6.45, 7) is 7.90. The first-order valence-electron chi connectivity index (χ1n) is 8.96. The molecule has 3 rings (SSSR count). The van der Waals surface area contributed by atoms with Gasteiger partial charge in [0.25, 0.3) is 5.91 Å². The number of para-hydroxylation sites is 1. The summed E-state index contributed by atoms with van der Waals surface area (Å²) in [5, 5.41) is 13.4. The first-order chi connectivity index (χ1) is 12.9. The highest BCUT2D eigenvalue weighted by molar-refractivity contribution is 6.11. The normalized spacial score (nSPS) is 11.4. The van der Waals surface area contributed by atoms with Gasteiger partial charge in [-0.05, 0) is 44.0 Å². The van der Waals surface area contributed by atoms with Gasteiger partial charge in [0, 0.05) is 23.1 Å². The lowest BCUT2D eigenvalue weighted by Crippen LogP contribution is -2.15. The zero-order chi connectivity index (χ0) is 19.6. The number of rotatable bonds is 4. The maximum absolute atomic E-state index is 12.8. The molecule has 0 spiro atoms. The molecule has 0 atom stereocenters. The summed E-state index contributed by atoms with van der Waals surface area (Å²) < 4.78 is 5.86. The van der Waals surface area contributed by atoms with Crippen LogP contribution in [0.3, 0.4) is 0 Å². The van der Waals surface area contributed by atoms with Gasteiger partial charge in [0.2, 0.25) is 0 Å². The van der Waals surface area contributed by atoms with Crippen molar-refractivity contribution in [2.75, 3.05) is 5.32 Å². The van der Waals surface area contributed by atoms with Gasteiger partial charge in [0.05, 0.1) is 0 Å². The van der Waals surface area contributed by atoms with Crippen LogP contribution in [0.15, 0.2) is 46.4 Å². The molecular formula is C23H22N2O2. The van der Waals surface area contributed by atoms with Crippen LogP contribution in [0.25, 0.3) is 17.0 Å². The third kappa shape index (κ3) is 3.63. The maximum atomic E-state index is 12.8. The van der Waals surface area contributed by atoms with Gasteiger partial charge < -0.3 is 9.73 Å². The molecule has 4 nitrogen and oxygen atoms in total. The number of anilines is 1. The van der Waals surface area contributed by atoms with E-state index in [1.165, 1.54) is 0 Å². The summed E-state index contributed by atoms with van der Waals surface area (Å²) in [6, 6.07) is 13.7. The van der Waals surface area contributed by atoms with Crippen LogP contribution >= 0.6 is 0 Å². The number of nitrogens with zero attached hydrogens (tertiary/aromatic N) is 1. The van der Waals surface area contributed by atoms with Gasteiger partial charge in [-0.3, -0.25) is 4.79 Å². The lowest BCUT2D eigenvalue weighted by molar-refractivity contribution is -0.112. The fraction of sp³-hybridized carbons (Fsp3) is 0.217. The Labute approximate surface area is 159 Å². The summed E-state index contributed by atoms with van der Waals surface area (Å²) in [5.41, 5.74) is 5.43. The summed E-state index contributed by atoms with van der Waals surface area (Å²) >= 11 is 0. The number of nitrogens with one attached hydrogen (secondary N) is 1. The maximum Gasteiger partial charge on any atom is 0.266 e. The van der Waals surface area contributed by atoms with Crippen molar-refractivity contribution in [2.24, 2.45) is 0 Å². The zero-order valence-corrected chi connectivity index (χ0v) is 16.0. The van der Waals surface area contributed by atoms with E-state index in [-0.39, 0.29) is 5.57 Å². The number of fused-ring (bicyclic) bond motifs is 1. The van der Waals surface area contributed by atoms with E-state index in [1.54, 1.807) is 6.08 Å². The summed E-state index contributed by atoms with van der Waals surface area (Å²) in [4.78, 5) is 12.8. The molecule has 27 heavy (non-hydrogen) atoms. The lowest BCUT2D eigenvalue weighted by Gasteiger charge is -2.12. The second-order valence-electron chi connectivity index (χ2n) is 6.69. The number of benzene rings is 2. The van der Waals surface area contributed by atoms with Crippen LogP contribution in [-0.2, 0) is 11.2 Å². The predicted octanol–water partition coefficient (Wildman–Crippen LogP) is 5.47. The molecule has 1 amide bonds. The van der Waals surface area contributed by atoms with Crippen LogP contribution in [0.5, 0.6) is 0 Å². The second-order valence-corrected chi connectivity index (χ2v) is 6.69. The molecule has 2 aromatic carbocycles. The average molecular weight is 358 g/mol. The SMILES string of the molecule is CCc1oc2ccccc2c1/C=C(\C#N)C(=O)Nc1c(C)cc(C)cc1C. The largest absolute Gasteiger partial charge is 0.460 e. The second kappa shape index (κ2) is 7.51. The highest BCUT2D eigenvalue weighted by atomic mass is 16.3. The monoisotopic (exact) mass is 358 g/mol. The van der Waals surface area contributed by atoms with Gasteiger partial charge in [-0.1, -0.05) is 42.8 Å². The standard InChI is InChI=1S/C23H22N2O2/c1-5-20-19(18-8-6-7-9-21(18)27-20)12-17(13-24)23(26)25-22-15(3)10-14(2)11-16(22)4/h6-12H,5H2,1-4H3,(H,25,26)/b17-12+. The topological polar surface area (TPSA) is 66.0 Å². The molecule has 0 aliphatic heterocycles. The molecule has 3 aromatic rings. The van der Waals surface area contributed by atoms with E-state index >= 15 is 0 Å². The van der Waals surface area contributed by atoms with Crippen molar-refractivity contribution < 1.29 is 9.21 Å². The van der Waals surface area contributed by atoms with Gasteiger partial charge in [0.1, 0.15) is 23.0 Å². The van der Waals surface area contributed by atoms with E-state index < -0.39 is 5.91 Å². The summed E-state index contributed by atoms with van der Waals surface area (Å²) in [7, 11) is 0. The molecule has 0 aliphatic carbocycles. The minimum Gasteiger partial charge on any atom is -0.460 e. The van der Waals surface area contributed by atoms with Crippen molar-refractivity contribution in [1.29, 1.82) is 5.26 Å². The van der Waals surface area contributed by atoms with E-state index in [0.29, 0.717) is 6.42 Å². The number of carbonyl (C=O) groups is 1. The number of nitriles is 1. The quantitative estimate of drug-likeness (QED) is 0.497.